The number of hydrogen-bond donors (Lipinski definition) is 1. The zero-order valence-electron chi connectivity index (χ0n) is 12.5. The minimum absolute atomic E-state index is 0.0168. The van der Waals surface area contributed by atoms with Gasteiger partial charge in [0.15, 0.2) is 5.82 Å². The number of anilines is 1. The van der Waals surface area contributed by atoms with Gasteiger partial charge in [-0.15, -0.1) is 0 Å². The fourth-order valence-electron chi connectivity index (χ4n) is 1.87. The summed E-state index contributed by atoms with van der Waals surface area (Å²) in [6.07, 6.45) is 0.870. The number of rotatable bonds is 7. The first-order valence-corrected chi connectivity index (χ1v) is 8.05. The SMILES string of the molecule is CCNc1nc(C(CC)OCC)nc(C(C)C)c1I. The fraction of sp³-hybridized carbons (Fsp3) is 0.714. The highest BCUT2D eigenvalue weighted by atomic mass is 127. The Morgan fingerprint density at radius 1 is 1.21 bits per heavy atom. The predicted octanol–water partition coefficient (Wildman–Crippen LogP) is 4.12. The molecule has 0 amide bonds. The standard InChI is InChI=1S/C14H24IN3O/c1-6-10(19-8-3)13-17-12(9(4)5)11(15)14(18-13)16-7-2/h9-10H,6-8H2,1-5H3,(H,16,17,18). The third kappa shape index (κ3) is 4.27. The zero-order chi connectivity index (χ0) is 14.4. The highest BCUT2D eigenvalue weighted by Gasteiger charge is 2.19. The van der Waals surface area contributed by atoms with Crippen molar-refractivity contribution in [3.8, 4) is 0 Å². The van der Waals surface area contributed by atoms with Crippen LogP contribution in [0.3, 0.4) is 0 Å². The van der Waals surface area contributed by atoms with Crippen molar-refractivity contribution in [2.45, 2.75) is 53.1 Å². The van der Waals surface area contributed by atoms with Crippen LogP contribution >= 0.6 is 22.6 Å². The van der Waals surface area contributed by atoms with Crippen LogP contribution in [0.1, 0.15) is 64.6 Å². The van der Waals surface area contributed by atoms with Crippen LogP contribution in [0, 0.1) is 3.57 Å². The first-order chi connectivity index (χ1) is 9.04. The quantitative estimate of drug-likeness (QED) is 0.726. The summed E-state index contributed by atoms with van der Waals surface area (Å²) in [6, 6.07) is 0. The molecule has 1 unspecified atom stereocenters. The second-order valence-electron chi connectivity index (χ2n) is 4.67. The van der Waals surface area contributed by atoms with E-state index < -0.39 is 0 Å². The van der Waals surface area contributed by atoms with Gasteiger partial charge in [0.05, 0.1) is 9.26 Å². The van der Waals surface area contributed by atoms with Gasteiger partial charge < -0.3 is 10.1 Å². The predicted molar refractivity (Wildman–Crippen MR) is 87.7 cm³/mol. The van der Waals surface area contributed by atoms with E-state index in [4.69, 9.17) is 9.72 Å². The molecule has 0 aromatic carbocycles. The molecule has 4 nitrogen and oxygen atoms in total. The molecule has 1 N–H and O–H groups in total. The van der Waals surface area contributed by atoms with Crippen molar-refractivity contribution < 1.29 is 4.74 Å². The molecule has 1 rings (SSSR count). The van der Waals surface area contributed by atoms with Gasteiger partial charge in [-0.2, -0.15) is 0 Å². The lowest BCUT2D eigenvalue weighted by Gasteiger charge is -2.19. The van der Waals surface area contributed by atoms with Gasteiger partial charge in [0.25, 0.3) is 0 Å². The highest BCUT2D eigenvalue weighted by Crippen LogP contribution is 2.28. The third-order valence-electron chi connectivity index (χ3n) is 2.81. The number of nitrogens with zero attached hydrogens (tertiary/aromatic N) is 2. The lowest BCUT2D eigenvalue weighted by molar-refractivity contribution is 0.0533. The molecule has 19 heavy (non-hydrogen) atoms. The molecule has 1 heterocycles. The topological polar surface area (TPSA) is 47.0 Å². The molecule has 0 aliphatic carbocycles. The molecule has 1 aromatic rings. The van der Waals surface area contributed by atoms with E-state index in [9.17, 15) is 0 Å². The Kier molecular flexibility index (Phi) is 6.99. The molecule has 0 radical (unpaired) electrons. The average Bonchev–Trinajstić information content (AvgIpc) is 2.38. The van der Waals surface area contributed by atoms with Crippen LogP contribution < -0.4 is 5.32 Å². The van der Waals surface area contributed by atoms with Crippen LogP contribution in [0.4, 0.5) is 5.82 Å². The molecular formula is C14H24IN3O. The van der Waals surface area contributed by atoms with Crippen molar-refractivity contribution in [1.82, 2.24) is 9.97 Å². The maximum atomic E-state index is 5.73. The number of hydrogen-bond acceptors (Lipinski definition) is 4. The number of nitrogens with one attached hydrogen (secondary N) is 1. The third-order valence-corrected chi connectivity index (χ3v) is 3.88. The van der Waals surface area contributed by atoms with Crippen molar-refractivity contribution in [1.29, 1.82) is 0 Å². The lowest BCUT2D eigenvalue weighted by atomic mass is 10.1. The van der Waals surface area contributed by atoms with Gasteiger partial charge in [0.2, 0.25) is 0 Å². The van der Waals surface area contributed by atoms with Gasteiger partial charge >= 0.3 is 0 Å². The van der Waals surface area contributed by atoms with E-state index in [1.54, 1.807) is 0 Å². The fourth-order valence-corrected chi connectivity index (χ4v) is 2.92. The van der Waals surface area contributed by atoms with E-state index in [1.165, 1.54) is 0 Å². The summed E-state index contributed by atoms with van der Waals surface area (Å²) in [6.45, 7) is 12.0. The molecule has 1 aromatic heterocycles. The molecule has 0 saturated heterocycles. The van der Waals surface area contributed by atoms with Gasteiger partial charge in [-0.25, -0.2) is 9.97 Å². The van der Waals surface area contributed by atoms with Crippen molar-refractivity contribution in [2.24, 2.45) is 0 Å². The Bertz CT molecular complexity index is 410. The summed E-state index contributed by atoms with van der Waals surface area (Å²) in [5.74, 6) is 2.10. The van der Waals surface area contributed by atoms with Crippen LogP contribution in [0.15, 0.2) is 0 Å². The van der Waals surface area contributed by atoms with Crippen LogP contribution in [0.2, 0.25) is 0 Å². The monoisotopic (exact) mass is 377 g/mol. The summed E-state index contributed by atoms with van der Waals surface area (Å²) >= 11 is 2.32. The zero-order valence-corrected chi connectivity index (χ0v) is 14.6. The minimum atomic E-state index is -0.0168. The van der Waals surface area contributed by atoms with Crippen molar-refractivity contribution in [3.05, 3.63) is 15.1 Å². The lowest BCUT2D eigenvalue weighted by Crippen LogP contribution is -2.15. The van der Waals surface area contributed by atoms with Crippen molar-refractivity contribution in [3.63, 3.8) is 0 Å². The largest absolute Gasteiger partial charge is 0.371 e. The molecule has 0 saturated carbocycles. The molecule has 0 fully saturated rings. The molecule has 0 aliphatic rings. The van der Waals surface area contributed by atoms with Crippen molar-refractivity contribution >= 4 is 28.4 Å². The van der Waals surface area contributed by atoms with Crippen LogP contribution in [0.25, 0.3) is 0 Å². The maximum absolute atomic E-state index is 5.73. The number of ether oxygens (including phenoxy) is 1. The van der Waals surface area contributed by atoms with Crippen molar-refractivity contribution in [2.75, 3.05) is 18.5 Å². The summed E-state index contributed by atoms with van der Waals surface area (Å²) < 4.78 is 6.85. The summed E-state index contributed by atoms with van der Waals surface area (Å²) in [4.78, 5) is 9.36. The Labute approximate surface area is 129 Å². The summed E-state index contributed by atoms with van der Waals surface area (Å²) in [5, 5.41) is 3.32. The smallest absolute Gasteiger partial charge is 0.159 e. The Hall–Kier alpha value is -0.430. The van der Waals surface area contributed by atoms with E-state index in [0.717, 1.165) is 33.9 Å². The Balaban J connectivity index is 3.24. The molecule has 0 aliphatic heterocycles. The summed E-state index contributed by atoms with van der Waals surface area (Å²) in [5.41, 5.74) is 1.10. The van der Waals surface area contributed by atoms with Gasteiger partial charge in [0.1, 0.15) is 11.9 Å². The van der Waals surface area contributed by atoms with Crippen LogP contribution in [-0.4, -0.2) is 23.1 Å². The number of halogens is 1. The summed E-state index contributed by atoms with van der Waals surface area (Å²) in [7, 11) is 0. The highest BCUT2D eigenvalue weighted by molar-refractivity contribution is 14.1. The first-order valence-electron chi connectivity index (χ1n) is 6.97. The molecule has 5 heteroatoms. The minimum Gasteiger partial charge on any atom is -0.371 e. The first kappa shape index (κ1) is 16.6. The normalized spacial score (nSPS) is 12.8. The van der Waals surface area contributed by atoms with E-state index >= 15 is 0 Å². The molecule has 0 bridgehead atoms. The molecule has 108 valence electrons. The second kappa shape index (κ2) is 7.99. The van der Waals surface area contributed by atoms with E-state index in [2.05, 4.69) is 60.6 Å². The van der Waals surface area contributed by atoms with E-state index in [-0.39, 0.29) is 6.10 Å². The average molecular weight is 377 g/mol. The Morgan fingerprint density at radius 3 is 2.37 bits per heavy atom. The Morgan fingerprint density at radius 2 is 1.89 bits per heavy atom. The van der Waals surface area contributed by atoms with Crippen LogP contribution in [-0.2, 0) is 4.74 Å². The van der Waals surface area contributed by atoms with E-state index in [1.807, 2.05) is 6.92 Å². The van der Waals surface area contributed by atoms with Gasteiger partial charge in [0, 0.05) is 13.2 Å². The van der Waals surface area contributed by atoms with Gasteiger partial charge in [-0.3, -0.25) is 0 Å². The number of aromatic nitrogens is 2. The van der Waals surface area contributed by atoms with Crippen LogP contribution in [0.5, 0.6) is 0 Å². The molecule has 0 spiro atoms. The second-order valence-corrected chi connectivity index (χ2v) is 5.75. The molecular weight excluding hydrogens is 353 g/mol. The van der Waals surface area contributed by atoms with E-state index in [0.29, 0.717) is 12.5 Å². The van der Waals surface area contributed by atoms with Gasteiger partial charge in [-0.05, 0) is 48.8 Å². The maximum Gasteiger partial charge on any atom is 0.159 e. The molecule has 1 atom stereocenters. The van der Waals surface area contributed by atoms with Gasteiger partial charge in [-0.1, -0.05) is 20.8 Å².